The number of unbranched alkanes of at least 4 members (excludes halogenated alkanes) is 12. The Morgan fingerprint density at radius 2 is 1.00 bits per heavy atom. The van der Waals surface area contributed by atoms with Gasteiger partial charge in [-0.25, -0.2) is 0 Å². The van der Waals surface area contributed by atoms with Crippen molar-refractivity contribution in [1.82, 2.24) is 0 Å². The second-order valence-corrected chi connectivity index (χ2v) is 5.66. The van der Waals surface area contributed by atoms with Gasteiger partial charge in [-0.3, -0.25) is 0 Å². The summed E-state index contributed by atoms with van der Waals surface area (Å²) in [7, 11) is 0. The molecule has 0 heterocycles. The van der Waals surface area contributed by atoms with Gasteiger partial charge in [-0.2, -0.15) is 0 Å². The monoisotopic (exact) mass is 316 g/mol. The molecule has 0 amide bonds. The summed E-state index contributed by atoms with van der Waals surface area (Å²) >= 11 is 0. The van der Waals surface area contributed by atoms with Crippen molar-refractivity contribution >= 4 is 0 Å². The summed E-state index contributed by atoms with van der Waals surface area (Å²) < 4.78 is 0. The van der Waals surface area contributed by atoms with Crippen LogP contribution in [0, 0.1) is 0 Å². The molecule has 0 aromatic rings. The summed E-state index contributed by atoms with van der Waals surface area (Å²) in [6, 6.07) is 0. The Morgan fingerprint density at radius 1 is 0.619 bits per heavy atom. The van der Waals surface area contributed by atoms with Gasteiger partial charge in [0.2, 0.25) is 0 Å². The summed E-state index contributed by atoms with van der Waals surface area (Å²) in [6.07, 6.45) is 23.2. The van der Waals surface area contributed by atoms with Crippen LogP contribution in [0.4, 0.5) is 0 Å². The minimum absolute atomic E-state index is 0. The predicted molar refractivity (Wildman–Crippen MR) is 88.8 cm³/mol. The number of aliphatic hydroxyl groups is 1. The minimum atomic E-state index is 0. The molecule has 0 bridgehead atoms. The zero-order chi connectivity index (χ0) is 14.0. The van der Waals surface area contributed by atoms with Crippen LogP contribution < -0.4 is 59.1 Å². The Balaban J connectivity index is -0.000000270. The first kappa shape index (κ1) is 27.5. The molecule has 0 aliphatic heterocycles. The molecule has 0 spiro atoms. The predicted octanol–water partition coefficient (Wildman–Crippen LogP) is 0.249. The van der Waals surface area contributed by atoms with E-state index in [1.807, 2.05) is 0 Å². The zero-order valence-corrected chi connectivity index (χ0v) is 19.2. The molecule has 0 fully saturated rings. The standard InChI is InChI=1S/C18H36O.2Na.2H/c1-2-3-4-5-6-7-8-9-10-11-12-13-14-15-16-17-18-19;;;;/h9-10,19H,2-8,11-18H2,1H3;;;;/q;2*+1;2*-1. The Bertz CT molecular complexity index is 194. The van der Waals surface area contributed by atoms with Gasteiger partial charge in [-0.15, -0.1) is 0 Å². The maximum atomic E-state index is 8.66. The maximum absolute atomic E-state index is 8.66. The van der Waals surface area contributed by atoms with Gasteiger partial charge in [0.05, 0.1) is 0 Å². The quantitative estimate of drug-likeness (QED) is 0.261. The van der Waals surface area contributed by atoms with Crippen molar-refractivity contribution in [3.63, 3.8) is 0 Å². The third-order valence-electron chi connectivity index (χ3n) is 3.67. The average molecular weight is 316 g/mol. The molecule has 3 heteroatoms. The van der Waals surface area contributed by atoms with E-state index in [4.69, 9.17) is 5.11 Å². The van der Waals surface area contributed by atoms with Crippen molar-refractivity contribution < 1.29 is 67.1 Å². The maximum Gasteiger partial charge on any atom is 1.00 e. The number of hydrogen-bond donors (Lipinski definition) is 1. The van der Waals surface area contributed by atoms with Crippen LogP contribution in [-0.2, 0) is 0 Å². The number of allylic oxidation sites excluding steroid dienone is 2. The first-order chi connectivity index (χ1) is 9.41. The molecule has 0 unspecified atom stereocenters. The fourth-order valence-electron chi connectivity index (χ4n) is 2.36. The zero-order valence-electron chi connectivity index (χ0n) is 17.2. The van der Waals surface area contributed by atoms with Gasteiger partial charge in [-0.05, 0) is 32.1 Å². The van der Waals surface area contributed by atoms with Crippen LogP contribution >= 0.6 is 0 Å². The fourth-order valence-corrected chi connectivity index (χ4v) is 2.36. The summed E-state index contributed by atoms with van der Waals surface area (Å²) in [5.41, 5.74) is 0. The topological polar surface area (TPSA) is 20.2 Å². The largest absolute Gasteiger partial charge is 1.00 e. The van der Waals surface area contributed by atoms with Crippen LogP contribution in [0.2, 0.25) is 0 Å². The smallest absolute Gasteiger partial charge is 1.00 e. The van der Waals surface area contributed by atoms with Crippen LogP contribution in [0.3, 0.4) is 0 Å². The molecule has 0 radical (unpaired) electrons. The van der Waals surface area contributed by atoms with Gasteiger partial charge in [0.15, 0.2) is 0 Å². The van der Waals surface area contributed by atoms with Gasteiger partial charge >= 0.3 is 59.1 Å². The Morgan fingerprint density at radius 3 is 1.43 bits per heavy atom. The SMILES string of the molecule is CCCCCCCCC=CCCCCCCCCO.[H-].[H-].[Na+].[Na+]. The van der Waals surface area contributed by atoms with E-state index in [2.05, 4.69) is 19.1 Å². The van der Waals surface area contributed by atoms with Gasteiger partial charge in [-0.1, -0.05) is 76.9 Å². The second-order valence-electron chi connectivity index (χ2n) is 5.66. The molecule has 0 aromatic heterocycles. The molecule has 1 N–H and O–H groups in total. The molecular weight excluding hydrogens is 278 g/mol. The summed E-state index contributed by atoms with van der Waals surface area (Å²) in [5, 5.41) is 8.66. The van der Waals surface area contributed by atoms with Crippen LogP contribution in [-0.4, -0.2) is 11.7 Å². The fraction of sp³-hybridized carbons (Fsp3) is 0.889. The van der Waals surface area contributed by atoms with E-state index < -0.39 is 0 Å². The first-order valence-electron chi connectivity index (χ1n) is 8.67. The number of rotatable bonds is 15. The van der Waals surface area contributed by atoms with Crippen molar-refractivity contribution in [2.24, 2.45) is 0 Å². The summed E-state index contributed by atoms with van der Waals surface area (Å²) in [5.74, 6) is 0. The Kier molecular flexibility index (Phi) is 34.9. The minimum Gasteiger partial charge on any atom is -1.00 e. The van der Waals surface area contributed by atoms with E-state index in [-0.39, 0.29) is 62.0 Å². The Labute approximate surface area is 181 Å². The van der Waals surface area contributed by atoms with Crippen molar-refractivity contribution in [2.75, 3.05) is 6.61 Å². The molecular formula is C18H38Na2O. The number of hydrogen-bond acceptors (Lipinski definition) is 1. The molecule has 0 atom stereocenters. The summed E-state index contributed by atoms with van der Waals surface area (Å²) in [4.78, 5) is 0. The van der Waals surface area contributed by atoms with E-state index in [1.165, 1.54) is 83.5 Å². The van der Waals surface area contributed by atoms with Crippen molar-refractivity contribution in [2.45, 2.75) is 96.8 Å². The molecule has 0 aliphatic carbocycles. The van der Waals surface area contributed by atoms with E-state index in [0.717, 1.165) is 6.42 Å². The van der Waals surface area contributed by atoms with Gasteiger partial charge in [0.1, 0.15) is 0 Å². The van der Waals surface area contributed by atoms with Crippen LogP contribution in [0.15, 0.2) is 12.2 Å². The number of aliphatic hydroxyl groups excluding tert-OH is 1. The molecule has 1 nitrogen and oxygen atoms in total. The molecule has 0 saturated heterocycles. The average Bonchev–Trinajstić information content (AvgIpc) is 2.43. The van der Waals surface area contributed by atoms with Crippen molar-refractivity contribution in [3.05, 3.63) is 12.2 Å². The third-order valence-corrected chi connectivity index (χ3v) is 3.67. The van der Waals surface area contributed by atoms with E-state index in [0.29, 0.717) is 6.61 Å². The van der Waals surface area contributed by atoms with Crippen molar-refractivity contribution in [1.29, 1.82) is 0 Å². The second kappa shape index (κ2) is 26.6. The van der Waals surface area contributed by atoms with Gasteiger partial charge < -0.3 is 7.96 Å². The van der Waals surface area contributed by atoms with Crippen LogP contribution in [0.25, 0.3) is 0 Å². The third kappa shape index (κ3) is 26.9. The van der Waals surface area contributed by atoms with Gasteiger partial charge in [0.25, 0.3) is 0 Å². The van der Waals surface area contributed by atoms with E-state index >= 15 is 0 Å². The Hall–Kier alpha value is 1.70. The molecule has 21 heavy (non-hydrogen) atoms. The first-order valence-corrected chi connectivity index (χ1v) is 8.67. The molecule has 0 saturated carbocycles. The van der Waals surface area contributed by atoms with Crippen LogP contribution in [0.5, 0.6) is 0 Å². The molecule has 118 valence electrons. The van der Waals surface area contributed by atoms with Gasteiger partial charge in [0, 0.05) is 6.61 Å². The summed E-state index contributed by atoms with van der Waals surface area (Å²) in [6.45, 7) is 2.64. The normalized spacial score (nSPS) is 10.4. The molecule has 0 aliphatic rings. The van der Waals surface area contributed by atoms with Crippen molar-refractivity contribution in [3.8, 4) is 0 Å². The molecule has 0 rings (SSSR count). The van der Waals surface area contributed by atoms with E-state index in [1.54, 1.807) is 0 Å². The van der Waals surface area contributed by atoms with E-state index in [9.17, 15) is 0 Å². The molecule has 0 aromatic carbocycles. The van der Waals surface area contributed by atoms with Crippen LogP contribution in [0.1, 0.15) is 99.7 Å².